The molecule has 1 aromatic heterocycles. The molecule has 9 heteroatoms. The number of anilines is 3. The third-order valence-corrected chi connectivity index (χ3v) is 6.89. The van der Waals surface area contributed by atoms with E-state index < -0.39 is 6.04 Å². The van der Waals surface area contributed by atoms with E-state index >= 15 is 0 Å². The van der Waals surface area contributed by atoms with Gasteiger partial charge in [0.25, 0.3) is 11.8 Å². The molecule has 2 amide bonds. The second kappa shape index (κ2) is 10.2. The van der Waals surface area contributed by atoms with Crippen LogP contribution in [0.15, 0.2) is 94.7 Å². The standard InChI is InChI=1S/C28H23BrClN5O2/c1-16-3-11-21(12-4-16)33-27(36)23-15-31-35-25(18-5-7-19(29)8-6-18)24(17(2)32-26(23)35)28(37)34-22-13-9-20(30)10-14-22/h3-15,25,32H,1-2H3,(H,33,36)(H,34,37). The van der Waals surface area contributed by atoms with E-state index in [9.17, 15) is 9.59 Å². The predicted molar refractivity (Wildman–Crippen MR) is 150 cm³/mol. The van der Waals surface area contributed by atoms with Crippen LogP contribution in [0.3, 0.4) is 0 Å². The molecule has 1 unspecified atom stereocenters. The Kier molecular flexibility index (Phi) is 6.86. The van der Waals surface area contributed by atoms with Crippen molar-refractivity contribution in [1.82, 2.24) is 9.78 Å². The van der Waals surface area contributed by atoms with Crippen molar-refractivity contribution in [2.75, 3.05) is 16.0 Å². The summed E-state index contributed by atoms with van der Waals surface area (Å²) in [5.74, 6) is -0.0702. The first-order valence-corrected chi connectivity index (χ1v) is 12.7. The number of aromatic nitrogens is 2. The van der Waals surface area contributed by atoms with E-state index in [-0.39, 0.29) is 11.8 Å². The Morgan fingerprint density at radius 3 is 2.14 bits per heavy atom. The van der Waals surface area contributed by atoms with Crippen molar-refractivity contribution in [1.29, 1.82) is 0 Å². The monoisotopic (exact) mass is 575 g/mol. The number of carbonyl (C=O) groups excluding carboxylic acids is 2. The quantitative estimate of drug-likeness (QED) is 0.244. The average molecular weight is 577 g/mol. The molecule has 4 aromatic rings. The highest BCUT2D eigenvalue weighted by Gasteiger charge is 2.35. The van der Waals surface area contributed by atoms with Gasteiger partial charge in [0.05, 0.1) is 11.8 Å². The van der Waals surface area contributed by atoms with Gasteiger partial charge in [-0.2, -0.15) is 5.10 Å². The number of benzene rings is 3. The number of carbonyl (C=O) groups is 2. The Labute approximate surface area is 227 Å². The van der Waals surface area contributed by atoms with Crippen molar-refractivity contribution >= 4 is 56.5 Å². The highest BCUT2D eigenvalue weighted by Crippen LogP contribution is 2.38. The highest BCUT2D eigenvalue weighted by atomic mass is 79.9. The van der Waals surface area contributed by atoms with Crippen LogP contribution in [0.5, 0.6) is 0 Å². The number of hydrogen-bond acceptors (Lipinski definition) is 4. The van der Waals surface area contributed by atoms with Crippen LogP contribution in [0, 0.1) is 6.92 Å². The van der Waals surface area contributed by atoms with Gasteiger partial charge in [-0.25, -0.2) is 4.68 Å². The molecule has 0 spiro atoms. The fourth-order valence-electron chi connectivity index (χ4n) is 4.24. The normalized spacial score (nSPS) is 14.5. The number of rotatable bonds is 5. The van der Waals surface area contributed by atoms with Gasteiger partial charge >= 0.3 is 0 Å². The summed E-state index contributed by atoms with van der Waals surface area (Å²) in [6, 6.07) is 21.6. The number of fused-ring (bicyclic) bond motifs is 1. The van der Waals surface area contributed by atoms with Crippen molar-refractivity contribution in [3.63, 3.8) is 0 Å². The lowest BCUT2D eigenvalue weighted by Gasteiger charge is -2.30. The topological polar surface area (TPSA) is 88.0 Å². The van der Waals surface area contributed by atoms with Gasteiger partial charge in [0.2, 0.25) is 0 Å². The first kappa shape index (κ1) is 24.8. The maximum atomic E-state index is 13.6. The molecule has 37 heavy (non-hydrogen) atoms. The molecule has 0 fully saturated rings. The van der Waals surface area contributed by atoms with Crippen LogP contribution in [0.4, 0.5) is 17.2 Å². The number of aryl methyl sites for hydroxylation is 1. The van der Waals surface area contributed by atoms with Crippen molar-refractivity contribution < 1.29 is 9.59 Å². The highest BCUT2D eigenvalue weighted by molar-refractivity contribution is 9.10. The second-order valence-electron chi connectivity index (χ2n) is 8.75. The Bertz CT molecular complexity index is 1510. The van der Waals surface area contributed by atoms with Gasteiger partial charge < -0.3 is 16.0 Å². The summed E-state index contributed by atoms with van der Waals surface area (Å²) in [5.41, 5.74) is 4.74. The molecule has 0 saturated heterocycles. The molecule has 0 aliphatic carbocycles. The van der Waals surface area contributed by atoms with E-state index in [0.29, 0.717) is 39.0 Å². The van der Waals surface area contributed by atoms with E-state index in [4.69, 9.17) is 11.6 Å². The van der Waals surface area contributed by atoms with Crippen LogP contribution in [0.1, 0.15) is 34.5 Å². The van der Waals surface area contributed by atoms with E-state index in [1.165, 1.54) is 6.20 Å². The fourth-order valence-corrected chi connectivity index (χ4v) is 4.63. The maximum absolute atomic E-state index is 13.6. The van der Waals surface area contributed by atoms with Crippen molar-refractivity contribution in [2.24, 2.45) is 0 Å². The molecule has 1 aliphatic rings. The Balaban J connectivity index is 1.52. The molecular weight excluding hydrogens is 554 g/mol. The van der Waals surface area contributed by atoms with Crippen LogP contribution in [0.2, 0.25) is 5.02 Å². The molecular formula is C28H23BrClN5O2. The maximum Gasteiger partial charge on any atom is 0.261 e. The molecule has 186 valence electrons. The number of nitrogens with zero attached hydrogens (tertiary/aromatic N) is 2. The lowest BCUT2D eigenvalue weighted by molar-refractivity contribution is -0.113. The third-order valence-electron chi connectivity index (χ3n) is 6.11. The van der Waals surface area contributed by atoms with Gasteiger partial charge in [-0.3, -0.25) is 9.59 Å². The van der Waals surface area contributed by atoms with Crippen molar-refractivity contribution in [2.45, 2.75) is 19.9 Å². The SMILES string of the molecule is CC1=C(C(=O)Nc2ccc(Cl)cc2)C(c2ccc(Br)cc2)n2ncc(C(=O)Nc3ccc(C)cc3)c2N1. The largest absolute Gasteiger partial charge is 0.343 e. The number of hydrogen-bond donors (Lipinski definition) is 3. The van der Waals surface area contributed by atoms with Crippen LogP contribution < -0.4 is 16.0 Å². The molecule has 3 aromatic carbocycles. The summed E-state index contributed by atoms with van der Waals surface area (Å²) in [6.45, 7) is 3.81. The van der Waals surface area contributed by atoms with Gasteiger partial charge in [0.15, 0.2) is 0 Å². The van der Waals surface area contributed by atoms with Crippen LogP contribution >= 0.6 is 27.5 Å². The lowest BCUT2D eigenvalue weighted by atomic mass is 9.94. The number of allylic oxidation sites excluding steroid dienone is 1. The first-order valence-electron chi connectivity index (χ1n) is 11.6. The predicted octanol–water partition coefficient (Wildman–Crippen LogP) is 6.79. The summed E-state index contributed by atoms with van der Waals surface area (Å²) < 4.78 is 2.59. The van der Waals surface area contributed by atoms with Crippen molar-refractivity contribution in [3.05, 3.63) is 116 Å². The Morgan fingerprint density at radius 2 is 1.49 bits per heavy atom. The van der Waals surface area contributed by atoms with Crippen LogP contribution in [-0.4, -0.2) is 21.6 Å². The fraction of sp³-hybridized carbons (Fsp3) is 0.107. The summed E-state index contributed by atoms with van der Waals surface area (Å²) >= 11 is 9.47. The number of halogens is 2. The third kappa shape index (κ3) is 5.16. The van der Waals surface area contributed by atoms with Crippen LogP contribution in [0.25, 0.3) is 0 Å². The van der Waals surface area contributed by atoms with Gasteiger partial charge in [0, 0.05) is 26.6 Å². The van der Waals surface area contributed by atoms with Gasteiger partial charge in [-0.05, 0) is 67.9 Å². The lowest BCUT2D eigenvalue weighted by Crippen LogP contribution is -2.32. The zero-order valence-corrected chi connectivity index (χ0v) is 22.4. The smallest absolute Gasteiger partial charge is 0.261 e. The number of amides is 2. The molecule has 1 aliphatic heterocycles. The summed E-state index contributed by atoms with van der Waals surface area (Å²) in [7, 11) is 0. The molecule has 0 radical (unpaired) electrons. The Hall–Kier alpha value is -3.88. The average Bonchev–Trinajstić information content (AvgIpc) is 3.30. The van der Waals surface area contributed by atoms with E-state index in [0.717, 1.165) is 15.6 Å². The summed E-state index contributed by atoms with van der Waals surface area (Å²) in [5, 5.41) is 14.3. The van der Waals surface area contributed by atoms with Crippen LogP contribution in [-0.2, 0) is 4.79 Å². The minimum Gasteiger partial charge on any atom is -0.343 e. The van der Waals surface area contributed by atoms with Gasteiger partial charge in [-0.1, -0.05) is 57.4 Å². The number of nitrogens with one attached hydrogen (secondary N) is 3. The van der Waals surface area contributed by atoms with E-state index in [1.807, 2.05) is 62.4 Å². The zero-order valence-electron chi connectivity index (χ0n) is 20.0. The first-order chi connectivity index (χ1) is 17.8. The molecule has 3 N–H and O–H groups in total. The van der Waals surface area contributed by atoms with Gasteiger partial charge in [0.1, 0.15) is 17.4 Å². The van der Waals surface area contributed by atoms with Gasteiger partial charge in [-0.15, -0.1) is 0 Å². The molecule has 0 bridgehead atoms. The molecule has 1 atom stereocenters. The van der Waals surface area contributed by atoms with E-state index in [2.05, 4.69) is 37.0 Å². The minimum absolute atomic E-state index is 0.285. The summed E-state index contributed by atoms with van der Waals surface area (Å²) in [4.78, 5) is 26.8. The molecule has 2 heterocycles. The zero-order chi connectivity index (χ0) is 26.1. The summed E-state index contributed by atoms with van der Waals surface area (Å²) in [6.07, 6.45) is 1.52. The van der Waals surface area contributed by atoms with E-state index in [1.54, 1.807) is 28.9 Å². The second-order valence-corrected chi connectivity index (χ2v) is 10.1. The molecule has 0 saturated carbocycles. The minimum atomic E-state index is -0.558. The van der Waals surface area contributed by atoms with Crippen molar-refractivity contribution in [3.8, 4) is 0 Å². The Morgan fingerprint density at radius 1 is 0.892 bits per heavy atom. The molecule has 7 nitrogen and oxygen atoms in total. The molecule has 5 rings (SSSR count).